The molecule has 0 saturated heterocycles. The van der Waals surface area contributed by atoms with Crippen LogP contribution in [0, 0.1) is 15.6 Å². The summed E-state index contributed by atoms with van der Waals surface area (Å²) in [4.78, 5) is -6.87. The summed E-state index contributed by atoms with van der Waals surface area (Å²) in [5, 5.41) is 85.1. The zero-order valence-electron chi connectivity index (χ0n) is 8.51. The van der Waals surface area contributed by atoms with Gasteiger partial charge >= 0.3 is 12.2 Å². The first-order valence-electron chi connectivity index (χ1n) is 4.25. The van der Waals surface area contributed by atoms with Crippen molar-refractivity contribution in [3.63, 3.8) is 0 Å². The highest BCUT2D eigenvalue weighted by Crippen LogP contribution is 2.30. The molecule has 104 valence electrons. The van der Waals surface area contributed by atoms with Gasteiger partial charge in [-0.15, -0.1) is 0 Å². The Hall–Kier alpha value is -1.07. The fourth-order valence-electron chi connectivity index (χ4n) is 1.43. The third-order valence-corrected chi connectivity index (χ3v) is 2.11. The molecule has 1 heterocycles. The van der Waals surface area contributed by atoms with Crippen LogP contribution in [0.4, 0.5) is 0 Å². The Morgan fingerprint density at radius 3 is 1.78 bits per heavy atom. The molecule has 1 aliphatic heterocycles. The van der Waals surface area contributed by atoms with E-state index in [-0.39, 0.29) is 0 Å². The van der Waals surface area contributed by atoms with Crippen molar-refractivity contribution < 1.29 is 46.2 Å². The number of aliphatic imine (C=N–C) groups is 1. The van der Waals surface area contributed by atoms with Crippen LogP contribution >= 0.6 is 0 Å². The lowest BCUT2D eigenvalue weighted by Gasteiger charge is -2.42. The Labute approximate surface area is 98.0 Å². The van der Waals surface area contributed by atoms with Gasteiger partial charge in [0.2, 0.25) is 0 Å². The van der Waals surface area contributed by atoms with Crippen molar-refractivity contribution in [3.8, 4) is 0 Å². The number of dihydropyridines is 1. The number of nitrogens with zero attached hydrogens (tertiary/aromatic N) is 4. The van der Waals surface area contributed by atoms with Crippen LogP contribution in [0.1, 0.15) is 0 Å². The van der Waals surface area contributed by atoms with Crippen molar-refractivity contribution in [2.24, 2.45) is 4.99 Å². The highest BCUT2D eigenvalue weighted by molar-refractivity contribution is 5.73. The molecule has 0 aromatic heterocycles. The lowest BCUT2D eigenvalue weighted by molar-refractivity contribution is -1.28. The molecule has 0 aliphatic carbocycles. The first kappa shape index (κ1) is 15.0. The van der Waals surface area contributed by atoms with E-state index < -0.39 is 32.8 Å². The van der Waals surface area contributed by atoms with Gasteiger partial charge in [-0.1, -0.05) is 4.97 Å². The zero-order valence-corrected chi connectivity index (χ0v) is 8.51. The van der Waals surface area contributed by atoms with Gasteiger partial charge in [-0.05, 0) is 9.95 Å². The molecule has 0 fully saturated rings. The van der Waals surface area contributed by atoms with Crippen LogP contribution in [0.3, 0.4) is 0 Å². The smallest absolute Gasteiger partial charge is 0.312 e. The van der Waals surface area contributed by atoms with E-state index in [0.29, 0.717) is 12.3 Å². The molecule has 0 aromatic rings. The molecular weight excluding hydrogens is 260 g/mol. The van der Waals surface area contributed by atoms with Crippen molar-refractivity contribution in [1.82, 2.24) is 0 Å². The van der Waals surface area contributed by atoms with E-state index in [0.717, 1.165) is 0 Å². The lowest BCUT2D eigenvalue weighted by Crippen LogP contribution is -2.65. The Balaban J connectivity index is 3.29. The Bertz CT molecular complexity index is 374. The van der Waals surface area contributed by atoms with E-state index in [9.17, 15) is 15.6 Å². The monoisotopic (exact) mass is 270 g/mol. The van der Waals surface area contributed by atoms with Gasteiger partial charge in [0, 0.05) is 12.3 Å². The minimum atomic E-state index is -3.39. The molecule has 6 N–H and O–H groups in total. The normalized spacial score (nSPS) is 26.2. The third-order valence-electron chi connectivity index (χ3n) is 2.11. The second-order valence-corrected chi connectivity index (χ2v) is 3.47. The summed E-state index contributed by atoms with van der Waals surface area (Å²) in [5.74, 6) is 0. The van der Waals surface area contributed by atoms with Crippen LogP contribution < -0.4 is 0 Å². The fourth-order valence-corrected chi connectivity index (χ4v) is 1.43. The van der Waals surface area contributed by atoms with Crippen LogP contribution in [0.2, 0.25) is 0 Å². The van der Waals surface area contributed by atoms with Gasteiger partial charge in [-0.3, -0.25) is 0 Å². The largest absolute Gasteiger partial charge is 0.564 e. The van der Waals surface area contributed by atoms with Crippen molar-refractivity contribution in [2.45, 2.75) is 12.2 Å². The molecule has 18 heavy (non-hydrogen) atoms. The maximum Gasteiger partial charge on any atom is 0.312 e. The first-order chi connectivity index (χ1) is 7.85. The minimum Gasteiger partial charge on any atom is -0.564 e. The van der Waals surface area contributed by atoms with E-state index in [1.54, 1.807) is 0 Å². The Morgan fingerprint density at radius 2 is 1.44 bits per heavy atom. The van der Waals surface area contributed by atoms with Gasteiger partial charge in [0.1, 0.15) is 0 Å². The van der Waals surface area contributed by atoms with Crippen molar-refractivity contribution in [3.05, 3.63) is 27.4 Å². The molecule has 13 nitrogen and oxygen atoms in total. The molecule has 2 unspecified atom stereocenters. The van der Waals surface area contributed by atoms with E-state index in [1.165, 1.54) is 0 Å². The molecule has 13 heteroatoms. The summed E-state index contributed by atoms with van der Waals surface area (Å²) in [6.07, 6.45) is -1.43. The van der Waals surface area contributed by atoms with Gasteiger partial charge in [-0.2, -0.15) is 31.2 Å². The third kappa shape index (κ3) is 3.03. The summed E-state index contributed by atoms with van der Waals surface area (Å²) in [5.41, 5.74) is -1.34. The van der Waals surface area contributed by atoms with Gasteiger partial charge in [-0.25, -0.2) is 4.99 Å². The summed E-state index contributed by atoms with van der Waals surface area (Å²) >= 11 is 0. The number of hydrogen-bond donors (Lipinski definition) is 6. The van der Waals surface area contributed by atoms with Crippen molar-refractivity contribution in [1.29, 1.82) is 0 Å². The van der Waals surface area contributed by atoms with Crippen LogP contribution in [0.5, 0.6) is 0 Å². The standard InChI is InChI=1S/C5H10N4O9/c10-7(11,12)3-1-2-6-5(9(16,17)18)4(3)8(13,14)15/h1-2,4-5,10-11,13-14,16-17H. The average molecular weight is 270 g/mol. The number of quaternary nitrogens is 3. The molecule has 0 bridgehead atoms. The van der Waals surface area contributed by atoms with Crippen molar-refractivity contribution >= 4 is 6.21 Å². The Morgan fingerprint density at radius 1 is 0.944 bits per heavy atom. The fraction of sp³-hybridized carbons (Fsp3) is 0.400. The van der Waals surface area contributed by atoms with Gasteiger partial charge < -0.3 is 15.6 Å². The zero-order chi connectivity index (χ0) is 14.4. The molecule has 0 radical (unpaired) electrons. The highest BCUT2D eigenvalue weighted by atomic mass is 17.1. The topological polar surface area (TPSA) is 203 Å². The number of hydrogen-bond acceptors (Lipinski definition) is 10. The summed E-state index contributed by atoms with van der Waals surface area (Å²) in [6, 6.07) is -2.67. The number of hydroxylamine groups is 9. The average Bonchev–Trinajstić information content (AvgIpc) is 2.12. The number of allylic oxidation sites excluding steroid dienone is 1. The predicted octanol–water partition coefficient (Wildman–Crippen LogP) is -1.07. The van der Waals surface area contributed by atoms with Crippen LogP contribution in [-0.2, 0) is 0 Å². The summed E-state index contributed by atoms with van der Waals surface area (Å²) < 4.78 is 0. The first-order valence-corrected chi connectivity index (χ1v) is 4.25. The SMILES string of the molecule is [O-][N+](O)(O)C1=CC=NC([N+]([O-])(O)O)C1[N+]([O-])(O)O. The van der Waals surface area contributed by atoms with E-state index >= 15 is 0 Å². The van der Waals surface area contributed by atoms with Crippen LogP contribution in [0.15, 0.2) is 16.8 Å². The molecule has 0 aromatic carbocycles. The molecule has 1 rings (SSSR count). The lowest BCUT2D eigenvalue weighted by atomic mass is 10.1. The van der Waals surface area contributed by atoms with Crippen molar-refractivity contribution in [2.75, 3.05) is 0 Å². The second kappa shape index (κ2) is 4.24. The van der Waals surface area contributed by atoms with Gasteiger partial charge in [0.25, 0.3) is 5.70 Å². The predicted molar refractivity (Wildman–Crippen MR) is 45.8 cm³/mol. The number of rotatable bonds is 3. The van der Waals surface area contributed by atoms with Gasteiger partial charge in [0.15, 0.2) is 0 Å². The maximum atomic E-state index is 11.0. The van der Waals surface area contributed by atoms with Gasteiger partial charge in [0.05, 0.1) is 0 Å². The minimum absolute atomic E-state index is 0.501. The van der Waals surface area contributed by atoms with Crippen LogP contribution in [-0.4, -0.2) is 64.6 Å². The highest BCUT2D eigenvalue weighted by Gasteiger charge is 2.56. The molecule has 2 atom stereocenters. The second-order valence-electron chi connectivity index (χ2n) is 3.47. The molecule has 0 amide bonds. The van der Waals surface area contributed by atoms with E-state index in [2.05, 4.69) is 4.99 Å². The van der Waals surface area contributed by atoms with E-state index in [1.807, 2.05) is 0 Å². The summed E-state index contributed by atoms with van der Waals surface area (Å²) in [7, 11) is 0. The quantitative estimate of drug-likeness (QED) is 0.272. The maximum absolute atomic E-state index is 11.0. The molecule has 1 aliphatic rings. The Kier molecular flexibility index (Phi) is 3.53. The molecular formula is C5H10N4O9. The molecule has 0 saturated carbocycles. The van der Waals surface area contributed by atoms with E-state index in [4.69, 9.17) is 31.2 Å². The van der Waals surface area contributed by atoms with Crippen LogP contribution in [0.25, 0.3) is 0 Å². The molecule has 0 spiro atoms. The summed E-state index contributed by atoms with van der Waals surface area (Å²) in [6.45, 7) is 0.